The highest BCUT2D eigenvalue weighted by molar-refractivity contribution is 5.76. The molecule has 16 heavy (non-hydrogen) atoms. The van der Waals surface area contributed by atoms with Gasteiger partial charge in [-0.25, -0.2) is 4.68 Å². The van der Waals surface area contributed by atoms with Crippen LogP contribution >= 0.6 is 0 Å². The Labute approximate surface area is 95.2 Å². The number of nitrogens with one attached hydrogen (secondary N) is 1. The minimum absolute atomic E-state index is 0.0837. The predicted molar refractivity (Wildman–Crippen MR) is 60.5 cm³/mol. The van der Waals surface area contributed by atoms with E-state index >= 15 is 0 Å². The molecule has 0 aromatic carbocycles. The van der Waals surface area contributed by atoms with Gasteiger partial charge in [0.2, 0.25) is 5.91 Å². The first-order chi connectivity index (χ1) is 7.65. The molecule has 0 bridgehead atoms. The molecule has 0 unspecified atom stereocenters. The van der Waals surface area contributed by atoms with Crippen molar-refractivity contribution in [3.05, 3.63) is 12.4 Å². The van der Waals surface area contributed by atoms with E-state index < -0.39 is 0 Å². The summed E-state index contributed by atoms with van der Waals surface area (Å²) in [4.78, 5) is 11.7. The smallest absolute Gasteiger partial charge is 0.242 e. The Balaban J connectivity index is 2.55. The van der Waals surface area contributed by atoms with E-state index in [1.165, 1.54) is 4.68 Å². The van der Waals surface area contributed by atoms with E-state index in [0.717, 1.165) is 12.8 Å². The molecule has 0 spiro atoms. The van der Waals surface area contributed by atoms with Gasteiger partial charge in [-0.05, 0) is 12.8 Å². The van der Waals surface area contributed by atoms with Crippen LogP contribution in [0, 0.1) is 0 Å². The maximum atomic E-state index is 11.7. The molecule has 1 rings (SSSR count). The summed E-state index contributed by atoms with van der Waals surface area (Å²) in [6.07, 6.45) is 4.84. The van der Waals surface area contributed by atoms with Gasteiger partial charge in [-0.2, -0.15) is 0 Å². The van der Waals surface area contributed by atoms with Crippen LogP contribution in [0.25, 0.3) is 0 Å². The maximum absolute atomic E-state index is 11.7. The topological polar surface area (TPSA) is 85.8 Å². The second kappa shape index (κ2) is 5.60. The Bertz CT molecular complexity index is 310. The molecule has 1 heterocycles. The highest BCUT2D eigenvalue weighted by Crippen LogP contribution is 2.12. The lowest BCUT2D eigenvalue weighted by atomic mass is 9.93. The fourth-order valence-corrected chi connectivity index (χ4v) is 1.57. The third kappa shape index (κ3) is 3.03. The second-order valence-electron chi connectivity index (χ2n) is 3.84. The molecule has 90 valence electrons. The van der Waals surface area contributed by atoms with Crippen LogP contribution in [0.15, 0.2) is 12.4 Å². The second-order valence-corrected chi connectivity index (χ2v) is 3.84. The van der Waals surface area contributed by atoms with E-state index in [1.54, 1.807) is 12.4 Å². The molecule has 0 aliphatic heterocycles. The van der Waals surface area contributed by atoms with E-state index in [4.69, 9.17) is 5.73 Å². The minimum atomic E-state index is -0.294. The van der Waals surface area contributed by atoms with Gasteiger partial charge in [0.1, 0.15) is 6.54 Å². The van der Waals surface area contributed by atoms with Crippen molar-refractivity contribution in [2.45, 2.75) is 38.8 Å². The third-order valence-corrected chi connectivity index (χ3v) is 2.93. The van der Waals surface area contributed by atoms with E-state index in [9.17, 15) is 4.79 Å². The van der Waals surface area contributed by atoms with Gasteiger partial charge >= 0.3 is 0 Å². The Kier molecular flexibility index (Phi) is 4.42. The summed E-state index contributed by atoms with van der Waals surface area (Å²) in [6.45, 7) is 4.67. The zero-order valence-electron chi connectivity index (χ0n) is 9.81. The predicted octanol–water partition coefficient (Wildman–Crippen LogP) is -0.0882. The standard InChI is InChI=1S/C10H19N5O/c1-3-10(4-2,8-11)13-9(16)7-15-6-5-12-14-15/h5-6H,3-4,7-8,11H2,1-2H3,(H,13,16). The van der Waals surface area contributed by atoms with Gasteiger partial charge < -0.3 is 11.1 Å². The first-order valence-corrected chi connectivity index (χ1v) is 5.51. The quantitative estimate of drug-likeness (QED) is 0.708. The lowest BCUT2D eigenvalue weighted by Crippen LogP contribution is -2.53. The molecule has 1 aromatic heterocycles. The maximum Gasteiger partial charge on any atom is 0.242 e. The molecule has 3 N–H and O–H groups in total. The molecule has 0 aliphatic carbocycles. The summed E-state index contributed by atoms with van der Waals surface area (Å²) in [6, 6.07) is 0. The van der Waals surface area contributed by atoms with E-state index in [0.29, 0.717) is 6.54 Å². The van der Waals surface area contributed by atoms with Crippen molar-refractivity contribution in [3.8, 4) is 0 Å². The minimum Gasteiger partial charge on any atom is -0.348 e. The fraction of sp³-hybridized carbons (Fsp3) is 0.700. The number of hydrogen-bond acceptors (Lipinski definition) is 4. The number of nitrogens with two attached hydrogens (primary N) is 1. The number of carbonyl (C=O) groups excluding carboxylic acids is 1. The number of hydrogen-bond donors (Lipinski definition) is 2. The van der Waals surface area contributed by atoms with Gasteiger partial charge in [-0.3, -0.25) is 4.79 Å². The van der Waals surface area contributed by atoms with Crippen LogP contribution < -0.4 is 11.1 Å². The zero-order valence-corrected chi connectivity index (χ0v) is 9.81. The number of nitrogens with zero attached hydrogens (tertiary/aromatic N) is 3. The summed E-state index contributed by atoms with van der Waals surface area (Å²) in [5.41, 5.74) is 5.41. The molecular weight excluding hydrogens is 206 g/mol. The molecule has 0 saturated heterocycles. The number of carbonyl (C=O) groups is 1. The highest BCUT2D eigenvalue weighted by Gasteiger charge is 2.26. The molecule has 0 radical (unpaired) electrons. The van der Waals surface area contributed by atoms with Gasteiger partial charge in [0.25, 0.3) is 0 Å². The van der Waals surface area contributed by atoms with Gasteiger partial charge in [0, 0.05) is 12.7 Å². The van der Waals surface area contributed by atoms with E-state index in [-0.39, 0.29) is 18.0 Å². The van der Waals surface area contributed by atoms with Crippen LogP contribution in [-0.4, -0.2) is 33.0 Å². The zero-order chi connectivity index (χ0) is 12.0. The molecule has 6 heteroatoms. The summed E-state index contributed by atoms with van der Waals surface area (Å²) >= 11 is 0. The van der Waals surface area contributed by atoms with Crippen molar-refractivity contribution < 1.29 is 4.79 Å². The van der Waals surface area contributed by atoms with Gasteiger partial charge in [-0.1, -0.05) is 19.1 Å². The van der Waals surface area contributed by atoms with Crippen LogP contribution in [0.2, 0.25) is 0 Å². The van der Waals surface area contributed by atoms with Crippen LogP contribution in [0.4, 0.5) is 0 Å². The average Bonchev–Trinajstić information content (AvgIpc) is 2.79. The van der Waals surface area contributed by atoms with Crippen molar-refractivity contribution in [1.29, 1.82) is 0 Å². The molecule has 6 nitrogen and oxygen atoms in total. The SMILES string of the molecule is CCC(CC)(CN)NC(=O)Cn1ccnn1. The van der Waals surface area contributed by atoms with E-state index in [2.05, 4.69) is 15.6 Å². The first kappa shape index (κ1) is 12.6. The Morgan fingerprint density at radius 1 is 1.50 bits per heavy atom. The summed E-state index contributed by atoms with van der Waals surface area (Å²) in [5, 5.41) is 10.3. The van der Waals surface area contributed by atoms with E-state index in [1.807, 2.05) is 13.8 Å². The van der Waals surface area contributed by atoms with Crippen molar-refractivity contribution in [3.63, 3.8) is 0 Å². The van der Waals surface area contributed by atoms with Crippen LogP contribution in [0.3, 0.4) is 0 Å². The third-order valence-electron chi connectivity index (χ3n) is 2.93. The van der Waals surface area contributed by atoms with Crippen molar-refractivity contribution in [1.82, 2.24) is 20.3 Å². The fourth-order valence-electron chi connectivity index (χ4n) is 1.57. The Hall–Kier alpha value is -1.43. The summed E-state index contributed by atoms with van der Waals surface area (Å²) in [5.74, 6) is -0.0837. The highest BCUT2D eigenvalue weighted by atomic mass is 16.2. The lowest BCUT2D eigenvalue weighted by molar-refractivity contribution is -0.123. The van der Waals surface area contributed by atoms with Crippen LogP contribution in [0.5, 0.6) is 0 Å². The molecule has 1 amide bonds. The molecule has 0 saturated carbocycles. The van der Waals surface area contributed by atoms with Crippen LogP contribution in [-0.2, 0) is 11.3 Å². The van der Waals surface area contributed by atoms with Gasteiger partial charge in [-0.15, -0.1) is 5.10 Å². The van der Waals surface area contributed by atoms with Crippen molar-refractivity contribution >= 4 is 5.91 Å². The van der Waals surface area contributed by atoms with Gasteiger partial charge in [0.05, 0.1) is 11.7 Å². The normalized spacial score (nSPS) is 11.4. The van der Waals surface area contributed by atoms with Crippen LogP contribution in [0.1, 0.15) is 26.7 Å². The Morgan fingerprint density at radius 3 is 2.62 bits per heavy atom. The molecular formula is C10H19N5O. The molecule has 0 fully saturated rings. The van der Waals surface area contributed by atoms with Crippen molar-refractivity contribution in [2.24, 2.45) is 5.73 Å². The largest absolute Gasteiger partial charge is 0.348 e. The molecule has 0 atom stereocenters. The monoisotopic (exact) mass is 225 g/mol. The lowest BCUT2D eigenvalue weighted by Gasteiger charge is -2.31. The summed E-state index contributed by atoms with van der Waals surface area (Å²) in [7, 11) is 0. The average molecular weight is 225 g/mol. The molecule has 0 aliphatic rings. The Morgan fingerprint density at radius 2 is 2.19 bits per heavy atom. The molecule has 1 aromatic rings. The first-order valence-electron chi connectivity index (χ1n) is 5.51. The number of amides is 1. The number of aromatic nitrogens is 3. The van der Waals surface area contributed by atoms with Gasteiger partial charge in [0.15, 0.2) is 0 Å². The summed E-state index contributed by atoms with van der Waals surface area (Å²) < 4.78 is 1.49. The number of rotatable bonds is 6. The van der Waals surface area contributed by atoms with Crippen molar-refractivity contribution in [2.75, 3.05) is 6.54 Å².